The van der Waals surface area contributed by atoms with Gasteiger partial charge in [0.15, 0.2) is 0 Å². The summed E-state index contributed by atoms with van der Waals surface area (Å²) in [6, 6.07) is 3.16. The van der Waals surface area contributed by atoms with Crippen molar-refractivity contribution < 1.29 is 19.0 Å². The molecule has 0 atom stereocenters. The Morgan fingerprint density at radius 1 is 1.18 bits per heavy atom. The molecule has 0 bridgehead atoms. The van der Waals surface area contributed by atoms with Crippen LogP contribution in [0.25, 0.3) is 0 Å². The van der Waals surface area contributed by atoms with Gasteiger partial charge in [0.1, 0.15) is 24.7 Å². The van der Waals surface area contributed by atoms with Crippen molar-refractivity contribution in [3.05, 3.63) is 23.3 Å². The smallest absolute Gasteiger partial charge is 0.338 e. The van der Waals surface area contributed by atoms with E-state index in [1.165, 1.54) is 7.11 Å². The number of methoxy groups -OCH3 is 1. The van der Waals surface area contributed by atoms with Gasteiger partial charge in [-0.2, -0.15) is 0 Å². The molecule has 0 fully saturated rings. The van der Waals surface area contributed by atoms with Gasteiger partial charge in [0.2, 0.25) is 0 Å². The van der Waals surface area contributed by atoms with E-state index >= 15 is 0 Å². The molecule has 0 saturated carbocycles. The van der Waals surface area contributed by atoms with Crippen LogP contribution in [-0.4, -0.2) is 32.8 Å². The van der Waals surface area contributed by atoms with Gasteiger partial charge in [-0.1, -0.05) is 11.8 Å². The summed E-state index contributed by atoms with van der Waals surface area (Å²) < 4.78 is 15.8. The number of rotatable bonds is 8. The van der Waals surface area contributed by atoms with Crippen LogP contribution >= 0.6 is 0 Å². The Bertz CT molecular complexity index is 557. The van der Waals surface area contributed by atoms with Crippen LogP contribution in [0.15, 0.2) is 12.1 Å². The van der Waals surface area contributed by atoms with E-state index in [9.17, 15) is 4.79 Å². The Balaban J connectivity index is 3.29. The van der Waals surface area contributed by atoms with Gasteiger partial charge >= 0.3 is 5.97 Å². The maximum atomic E-state index is 11.8. The molecular formula is C17H19NO4. The molecule has 5 heteroatoms. The van der Waals surface area contributed by atoms with E-state index in [4.69, 9.17) is 32.8 Å². The summed E-state index contributed by atoms with van der Waals surface area (Å²) in [6.07, 6.45) is 11.8. The van der Waals surface area contributed by atoms with Crippen LogP contribution in [0, 0.1) is 24.7 Å². The number of terminal acetylenes is 2. The Hall–Kier alpha value is -2.63. The molecule has 1 aromatic rings. The van der Waals surface area contributed by atoms with Gasteiger partial charge in [0.25, 0.3) is 0 Å². The fraction of sp³-hybridized carbons (Fsp3) is 0.353. The molecule has 0 amide bonds. The predicted octanol–water partition coefficient (Wildman–Crippen LogP) is 1.39. The van der Waals surface area contributed by atoms with Crippen molar-refractivity contribution in [2.45, 2.75) is 12.8 Å². The topological polar surface area (TPSA) is 70.8 Å². The molecule has 22 heavy (non-hydrogen) atoms. The van der Waals surface area contributed by atoms with Crippen molar-refractivity contribution in [1.29, 1.82) is 0 Å². The van der Waals surface area contributed by atoms with E-state index < -0.39 is 5.97 Å². The number of benzene rings is 1. The van der Waals surface area contributed by atoms with Crippen LogP contribution in [0.1, 0.15) is 22.3 Å². The summed E-state index contributed by atoms with van der Waals surface area (Å²) in [4.78, 5) is 11.8. The van der Waals surface area contributed by atoms with Crippen LogP contribution in [-0.2, 0) is 11.2 Å². The maximum absolute atomic E-state index is 11.8. The van der Waals surface area contributed by atoms with Gasteiger partial charge in [-0.15, -0.1) is 12.8 Å². The highest BCUT2D eigenvalue weighted by Crippen LogP contribution is 2.32. The minimum absolute atomic E-state index is 0.0782. The highest BCUT2D eigenvalue weighted by Gasteiger charge is 2.17. The van der Waals surface area contributed by atoms with Crippen LogP contribution < -0.4 is 15.2 Å². The highest BCUT2D eigenvalue weighted by molar-refractivity contribution is 5.90. The fourth-order valence-corrected chi connectivity index (χ4v) is 1.88. The summed E-state index contributed by atoms with van der Waals surface area (Å²) in [6.45, 7) is 0.672. The molecule has 0 aliphatic carbocycles. The van der Waals surface area contributed by atoms with Crippen molar-refractivity contribution in [2.24, 2.45) is 5.73 Å². The van der Waals surface area contributed by atoms with Crippen molar-refractivity contribution in [3.8, 4) is 36.2 Å². The zero-order chi connectivity index (χ0) is 16.4. The van der Waals surface area contributed by atoms with Crippen molar-refractivity contribution >= 4 is 5.97 Å². The molecule has 0 heterocycles. The monoisotopic (exact) mass is 301 g/mol. The molecule has 5 nitrogen and oxygen atoms in total. The van der Waals surface area contributed by atoms with Crippen molar-refractivity contribution in [2.75, 3.05) is 26.9 Å². The zero-order valence-electron chi connectivity index (χ0n) is 12.6. The Labute approximate surface area is 130 Å². The minimum atomic E-state index is -0.499. The second-order valence-corrected chi connectivity index (χ2v) is 4.32. The number of ether oxygens (including phenoxy) is 3. The fourth-order valence-electron chi connectivity index (χ4n) is 1.88. The number of esters is 1. The van der Waals surface area contributed by atoms with Crippen LogP contribution in [0.3, 0.4) is 0 Å². The second kappa shape index (κ2) is 9.33. The normalized spacial score (nSPS) is 9.45. The molecule has 0 aromatic heterocycles. The second-order valence-electron chi connectivity index (χ2n) is 4.32. The first-order chi connectivity index (χ1) is 10.7. The van der Waals surface area contributed by atoms with Gasteiger partial charge in [-0.3, -0.25) is 0 Å². The molecule has 116 valence electrons. The number of carbonyl (C=O) groups is 1. The molecule has 0 radical (unpaired) electrons. The lowest BCUT2D eigenvalue weighted by molar-refractivity contribution is 0.0599. The Kier molecular flexibility index (Phi) is 7.39. The minimum Gasteiger partial charge on any atom is -0.481 e. The van der Waals surface area contributed by atoms with Gasteiger partial charge in [0.05, 0.1) is 12.7 Å². The molecular weight excluding hydrogens is 282 g/mol. The van der Waals surface area contributed by atoms with Crippen molar-refractivity contribution in [1.82, 2.24) is 0 Å². The van der Waals surface area contributed by atoms with Crippen LogP contribution in [0.5, 0.6) is 11.5 Å². The van der Waals surface area contributed by atoms with Crippen LogP contribution in [0.2, 0.25) is 0 Å². The summed E-state index contributed by atoms with van der Waals surface area (Å²) in [5, 5.41) is 0. The number of hydrogen-bond donors (Lipinski definition) is 1. The average molecular weight is 301 g/mol. The summed E-state index contributed by atoms with van der Waals surface area (Å²) in [5.41, 5.74) is 6.64. The van der Waals surface area contributed by atoms with E-state index in [1.807, 2.05) is 0 Å². The average Bonchev–Trinajstić information content (AvgIpc) is 2.55. The quantitative estimate of drug-likeness (QED) is 0.580. The molecule has 1 rings (SSSR count). The largest absolute Gasteiger partial charge is 0.481 e. The maximum Gasteiger partial charge on any atom is 0.338 e. The zero-order valence-corrected chi connectivity index (χ0v) is 12.6. The van der Waals surface area contributed by atoms with E-state index in [0.29, 0.717) is 30.0 Å². The summed E-state index contributed by atoms with van der Waals surface area (Å²) in [5.74, 6) is 5.23. The molecule has 0 spiro atoms. The van der Waals surface area contributed by atoms with E-state index in [0.717, 1.165) is 12.0 Å². The Morgan fingerprint density at radius 2 is 1.73 bits per heavy atom. The molecule has 0 aliphatic heterocycles. The Morgan fingerprint density at radius 3 is 2.14 bits per heavy atom. The van der Waals surface area contributed by atoms with Crippen LogP contribution in [0.4, 0.5) is 0 Å². The number of carbonyl (C=O) groups excluding carboxylic acids is 1. The van der Waals surface area contributed by atoms with E-state index in [-0.39, 0.29) is 13.2 Å². The standard InChI is InChI=1S/C17H19NO4/c1-4-9-21-15-11-13(17(19)20-3)12-16(22-10-5-2)14(15)7-6-8-18/h1-2,11-12H,6-10,18H2,3H3. The lowest BCUT2D eigenvalue weighted by Gasteiger charge is -2.16. The molecule has 2 N–H and O–H groups in total. The van der Waals surface area contributed by atoms with Crippen molar-refractivity contribution in [3.63, 3.8) is 0 Å². The SMILES string of the molecule is C#CCOc1cc(C(=O)OC)cc(OCC#C)c1CCCN. The summed E-state index contributed by atoms with van der Waals surface area (Å²) in [7, 11) is 1.30. The molecule has 0 saturated heterocycles. The van der Waals surface area contributed by atoms with E-state index in [2.05, 4.69) is 11.8 Å². The summed E-state index contributed by atoms with van der Waals surface area (Å²) >= 11 is 0. The van der Waals surface area contributed by atoms with Gasteiger partial charge in [0, 0.05) is 5.56 Å². The lowest BCUT2D eigenvalue weighted by Crippen LogP contribution is -2.09. The third-order valence-electron chi connectivity index (χ3n) is 2.84. The first-order valence-electron chi connectivity index (χ1n) is 6.75. The third-order valence-corrected chi connectivity index (χ3v) is 2.84. The molecule has 0 aliphatic rings. The molecule has 1 aromatic carbocycles. The van der Waals surface area contributed by atoms with Gasteiger partial charge in [-0.25, -0.2) is 4.79 Å². The predicted molar refractivity (Wildman–Crippen MR) is 83.8 cm³/mol. The molecule has 0 unspecified atom stereocenters. The lowest BCUT2D eigenvalue weighted by atomic mass is 10.0. The van der Waals surface area contributed by atoms with E-state index in [1.54, 1.807) is 12.1 Å². The number of nitrogens with two attached hydrogens (primary N) is 1. The van der Waals surface area contributed by atoms with Gasteiger partial charge in [-0.05, 0) is 31.5 Å². The first kappa shape index (κ1) is 17.4. The third kappa shape index (κ3) is 4.73. The first-order valence-corrected chi connectivity index (χ1v) is 6.75. The highest BCUT2D eigenvalue weighted by atomic mass is 16.5. The van der Waals surface area contributed by atoms with Gasteiger partial charge < -0.3 is 19.9 Å². The number of hydrogen-bond acceptors (Lipinski definition) is 5.